The van der Waals surface area contributed by atoms with Gasteiger partial charge in [0.15, 0.2) is 0 Å². The van der Waals surface area contributed by atoms with Crippen molar-refractivity contribution < 1.29 is 4.79 Å². The number of aldehydes is 1. The number of rotatable bonds is 3. The van der Waals surface area contributed by atoms with Gasteiger partial charge >= 0.3 is 0 Å². The van der Waals surface area contributed by atoms with E-state index in [2.05, 4.69) is 13.0 Å². The van der Waals surface area contributed by atoms with Crippen molar-refractivity contribution in [3.8, 4) is 0 Å². The molecule has 1 heteroatoms. The first-order valence-corrected chi connectivity index (χ1v) is 5.03. The van der Waals surface area contributed by atoms with Gasteiger partial charge in [-0.1, -0.05) is 32.3 Å². The summed E-state index contributed by atoms with van der Waals surface area (Å²) in [6.45, 7) is 2.09. The van der Waals surface area contributed by atoms with Gasteiger partial charge in [0.05, 0.1) is 0 Å². The van der Waals surface area contributed by atoms with E-state index < -0.39 is 0 Å². The van der Waals surface area contributed by atoms with E-state index in [1.54, 1.807) is 0 Å². The Hall–Kier alpha value is -0.590. The van der Waals surface area contributed by atoms with Crippen LogP contribution in [0.4, 0.5) is 0 Å². The molecule has 0 radical (unpaired) electrons. The average molecular weight is 166 g/mol. The standard InChI is InChI=1S/C11H18O/c1-2-6-11(9-12)10-7-4-3-5-8-10/h6,9-10H,2-5,7-8H2,1H3/b11-6-. The molecular formula is C11H18O. The summed E-state index contributed by atoms with van der Waals surface area (Å²) in [7, 11) is 0. The minimum atomic E-state index is 0.580. The molecule has 0 amide bonds. The highest BCUT2D eigenvalue weighted by molar-refractivity contribution is 5.73. The molecule has 0 unspecified atom stereocenters. The summed E-state index contributed by atoms with van der Waals surface area (Å²) in [6, 6.07) is 0. The molecule has 1 fully saturated rings. The van der Waals surface area contributed by atoms with Crippen LogP contribution in [-0.2, 0) is 4.79 Å². The SMILES string of the molecule is CC/C=C(/C=O)C1CCCCC1. The number of hydrogen-bond donors (Lipinski definition) is 0. The average Bonchev–Trinajstić information content (AvgIpc) is 2.15. The van der Waals surface area contributed by atoms with E-state index >= 15 is 0 Å². The Balaban J connectivity index is 2.51. The molecular weight excluding hydrogens is 148 g/mol. The molecule has 0 aromatic carbocycles. The second-order valence-corrected chi connectivity index (χ2v) is 3.57. The van der Waals surface area contributed by atoms with Crippen LogP contribution in [-0.4, -0.2) is 6.29 Å². The fourth-order valence-corrected chi connectivity index (χ4v) is 1.98. The van der Waals surface area contributed by atoms with Crippen LogP contribution in [0.1, 0.15) is 45.4 Å². The van der Waals surface area contributed by atoms with Gasteiger partial charge < -0.3 is 0 Å². The highest BCUT2D eigenvalue weighted by Gasteiger charge is 2.16. The summed E-state index contributed by atoms with van der Waals surface area (Å²) in [5.41, 5.74) is 1.05. The van der Waals surface area contributed by atoms with Gasteiger partial charge in [0.1, 0.15) is 6.29 Å². The number of hydrogen-bond acceptors (Lipinski definition) is 1. The van der Waals surface area contributed by atoms with Crippen LogP contribution in [0.15, 0.2) is 11.6 Å². The predicted octanol–water partition coefficient (Wildman–Crippen LogP) is 3.10. The number of carbonyl (C=O) groups is 1. The zero-order valence-electron chi connectivity index (χ0n) is 7.88. The van der Waals surface area contributed by atoms with Crippen LogP contribution in [0.25, 0.3) is 0 Å². The summed E-state index contributed by atoms with van der Waals surface area (Å²) < 4.78 is 0. The highest BCUT2D eigenvalue weighted by atomic mass is 16.1. The molecule has 1 aliphatic carbocycles. The Kier molecular flexibility index (Phi) is 4.06. The summed E-state index contributed by atoms with van der Waals surface area (Å²) in [4.78, 5) is 10.7. The zero-order chi connectivity index (χ0) is 8.81. The van der Waals surface area contributed by atoms with Crippen LogP contribution in [0.5, 0.6) is 0 Å². The van der Waals surface area contributed by atoms with Gasteiger partial charge in [-0.25, -0.2) is 0 Å². The van der Waals surface area contributed by atoms with E-state index in [0.29, 0.717) is 5.92 Å². The number of carbonyl (C=O) groups excluding carboxylic acids is 1. The largest absolute Gasteiger partial charge is 0.298 e. The summed E-state index contributed by atoms with van der Waals surface area (Å²) in [5, 5.41) is 0. The molecule has 0 atom stereocenters. The van der Waals surface area contributed by atoms with Gasteiger partial charge in [-0.2, -0.15) is 0 Å². The molecule has 0 bridgehead atoms. The van der Waals surface area contributed by atoms with Crippen LogP contribution >= 0.6 is 0 Å². The lowest BCUT2D eigenvalue weighted by Gasteiger charge is -2.21. The summed E-state index contributed by atoms with van der Waals surface area (Å²) in [5.74, 6) is 0.580. The molecule has 0 heterocycles. The Morgan fingerprint density at radius 3 is 2.50 bits per heavy atom. The quantitative estimate of drug-likeness (QED) is 0.465. The third-order valence-corrected chi connectivity index (χ3v) is 2.65. The zero-order valence-corrected chi connectivity index (χ0v) is 7.88. The van der Waals surface area contributed by atoms with Crippen molar-refractivity contribution in [1.29, 1.82) is 0 Å². The van der Waals surface area contributed by atoms with Gasteiger partial charge in [-0.3, -0.25) is 4.79 Å². The van der Waals surface area contributed by atoms with Crippen molar-refractivity contribution in [2.75, 3.05) is 0 Å². The summed E-state index contributed by atoms with van der Waals surface area (Å²) in [6.07, 6.45) is 10.6. The first-order valence-electron chi connectivity index (χ1n) is 5.03. The maximum atomic E-state index is 10.7. The smallest absolute Gasteiger partial charge is 0.145 e. The minimum absolute atomic E-state index is 0.580. The van der Waals surface area contributed by atoms with Gasteiger partial charge in [-0.05, 0) is 30.8 Å². The van der Waals surface area contributed by atoms with Crippen LogP contribution in [0.3, 0.4) is 0 Å². The topological polar surface area (TPSA) is 17.1 Å². The van der Waals surface area contributed by atoms with Crippen molar-refractivity contribution in [1.82, 2.24) is 0 Å². The van der Waals surface area contributed by atoms with E-state index in [1.807, 2.05) is 0 Å². The first-order chi connectivity index (χ1) is 5.88. The molecule has 1 rings (SSSR count). The van der Waals surface area contributed by atoms with E-state index in [1.165, 1.54) is 32.1 Å². The van der Waals surface area contributed by atoms with Crippen LogP contribution in [0.2, 0.25) is 0 Å². The first kappa shape index (κ1) is 9.50. The maximum Gasteiger partial charge on any atom is 0.145 e. The fraction of sp³-hybridized carbons (Fsp3) is 0.727. The van der Waals surface area contributed by atoms with Crippen molar-refractivity contribution in [2.24, 2.45) is 5.92 Å². The van der Waals surface area contributed by atoms with Crippen molar-refractivity contribution >= 4 is 6.29 Å². The third kappa shape index (κ3) is 2.47. The van der Waals surface area contributed by atoms with Crippen LogP contribution in [0, 0.1) is 5.92 Å². The van der Waals surface area contributed by atoms with Crippen molar-refractivity contribution in [3.63, 3.8) is 0 Å². The Bertz CT molecular complexity index is 164. The molecule has 0 spiro atoms. The highest BCUT2D eigenvalue weighted by Crippen LogP contribution is 2.28. The predicted molar refractivity (Wildman–Crippen MR) is 51.0 cm³/mol. The molecule has 1 aliphatic rings. The van der Waals surface area contributed by atoms with Gasteiger partial charge in [0.2, 0.25) is 0 Å². The molecule has 0 saturated heterocycles. The molecule has 0 N–H and O–H groups in total. The lowest BCUT2D eigenvalue weighted by atomic mass is 9.84. The number of allylic oxidation sites excluding steroid dienone is 2. The fourth-order valence-electron chi connectivity index (χ4n) is 1.98. The van der Waals surface area contributed by atoms with E-state index in [4.69, 9.17) is 0 Å². The Morgan fingerprint density at radius 2 is 2.00 bits per heavy atom. The third-order valence-electron chi connectivity index (χ3n) is 2.65. The lowest BCUT2D eigenvalue weighted by molar-refractivity contribution is -0.105. The van der Waals surface area contributed by atoms with E-state index in [0.717, 1.165) is 18.3 Å². The second kappa shape index (κ2) is 5.13. The van der Waals surface area contributed by atoms with Crippen LogP contribution < -0.4 is 0 Å². The lowest BCUT2D eigenvalue weighted by Crippen LogP contribution is -2.09. The minimum Gasteiger partial charge on any atom is -0.298 e. The molecule has 0 aromatic heterocycles. The van der Waals surface area contributed by atoms with Gasteiger partial charge in [0, 0.05) is 0 Å². The van der Waals surface area contributed by atoms with E-state index in [9.17, 15) is 4.79 Å². The monoisotopic (exact) mass is 166 g/mol. The summed E-state index contributed by atoms with van der Waals surface area (Å²) >= 11 is 0. The van der Waals surface area contributed by atoms with E-state index in [-0.39, 0.29) is 0 Å². The van der Waals surface area contributed by atoms with Crippen molar-refractivity contribution in [2.45, 2.75) is 45.4 Å². The second-order valence-electron chi connectivity index (χ2n) is 3.57. The molecule has 1 nitrogen and oxygen atoms in total. The van der Waals surface area contributed by atoms with Gasteiger partial charge in [-0.15, -0.1) is 0 Å². The molecule has 1 saturated carbocycles. The maximum absolute atomic E-state index is 10.7. The molecule has 0 aromatic rings. The van der Waals surface area contributed by atoms with Crippen molar-refractivity contribution in [3.05, 3.63) is 11.6 Å². The van der Waals surface area contributed by atoms with Gasteiger partial charge in [0.25, 0.3) is 0 Å². The molecule has 12 heavy (non-hydrogen) atoms. The molecule has 68 valence electrons. The molecule has 0 aliphatic heterocycles. The normalized spacial score (nSPS) is 20.9. The Labute approximate surface area is 74.9 Å². The Morgan fingerprint density at radius 1 is 1.33 bits per heavy atom.